The molecule has 1 amide bonds. The molecule has 1 fully saturated rings. The molecule has 1 unspecified atom stereocenters. The zero-order valence-electron chi connectivity index (χ0n) is 14.4. The quantitative estimate of drug-likeness (QED) is 0.454. The van der Waals surface area contributed by atoms with Crippen LogP contribution in [-0.4, -0.2) is 50.9 Å². The van der Waals surface area contributed by atoms with Crippen molar-refractivity contribution in [3.8, 4) is 0 Å². The van der Waals surface area contributed by atoms with E-state index in [0.29, 0.717) is 6.54 Å². The van der Waals surface area contributed by atoms with E-state index in [9.17, 15) is 9.59 Å². The number of hydrogen-bond acceptors (Lipinski definition) is 3. The first-order valence-electron chi connectivity index (χ1n) is 7.86. The number of benzene rings is 1. The number of nitrogens with zero attached hydrogens (tertiary/aromatic N) is 1. The van der Waals surface area contributed by atoms with Gasteiger partial charge in [-0.05, 0) is 0 Å². The number of methoxy groups -OCH3 is 1. The molecule has 5 heteroatoms. The van der Waals surface area contributed by atoms with Crippen LogP contribution in [0, 0.1) is 11.8 Å². The molecule has 0 aliphatic carbocycles. The molecule has 0 bridgehead atoms. The van der Waals surface area contributed by atoms with Crippen molar-refractivity contribution >= 4 is 31.3 Å². The van der Waals surface area contributed by atoms with E-state index >= 15 is 0 Å². The van der Waals surface area contributed by atoms with Crippen molar-refractivity contribution in [2.24, 2.45) is 11.8 Å². The average molecular weight is 382 g/mol. The molecular formula is C18H25NO3Se. The Labute approximate surface area is 144 Å². The Hall–Kier alpha value is -1.32. The summed E-state index contributed by atoms with van der Waals surface area (Å²) < 4.78 is 6.21. The van der Waals surface area contributed by atoms with Crippen molar-refractivity contribution in [3.63, 3.8) is 0 Å². The van der Waals surface area contributed by atoms with Crippen LogP contribution in [0.3, 0.4) is 0 Å². The molecule has 1 aliphatic heterocycles. The van der Waals surface area contributed by atoms with Crippen molar-refractivity contribution in [2.75, 3.05) is 13.7 Å². The molecule has 1 saturated heterocycles. The van der Waals surface area contributed by atoms with Crippen molar-refractivity contribution in [3.05, 3.63) is 30.3 Å². The van der Waals surface area contributed by atoms with Gasteiger partial charge >= 0.3 is 144 Å². The molecule has 0 aromatic heterocycles. The first-order chi connectivity index (χ1) is 10.8. The van der Waals surface area contributed by atoms with Crippen LogP contribution in [0.5, 0.6) is 0 Å². The molecule has 0 radical (unpaired) electrons. The van der Waals surface area contributed by atoms with Crippen molar-refractivity contribution in [1.82, 2.24) is 4.90 Å². The summed E-state index contributed by atoms with van der Waals surface area (Å²) in [5, 5.41) is 0. The van der Waals surface area contributed by atoms with E-state index in [4.69, 9.17) is 4.74 Å². The monoisotopic (exact) mass is 383 g/mol. The van der Waals surface area contributed by atoms with E-state index in [-0.39, 0.29) is 37.1 Å². The molecule has 126 valence electrons. The molecule has 23 heavy (non-hydrogen) atoms. The van der Waals surface area contributed by atoms with Crippen molar-refractivity contribution < 1.29 is 14.3 Å². The van der Waals surface area contributed by atoms with Crippen LogP contribution in [0.2, 0.25) is 4.82 Å². The molecule has 1 aromatic carbocycles. The molecule has 3 atom stereocenters. The molecule has 0 N–H and O–H groups in total. The summed E-state index contributed by atoms with van der Waals surface area (Å²) >= 11 is 0.215. The fourth-order valence-electron chi connectivity index (χ4n) is 2.98. The second kappa shape index (κ2) is 7.06. The van der Waals surface area contributed by atoms with Crippen LogP contribution in [0.25, 0.3) is 0 Å². The fourth-order valence-corrected chi connectivity index (χ4v) is 5.42. The summed E-state index contributed by atoms with van der Waals surface area (Å²) in [6.07, 6.45) is 0. The number of likely N-dealkylation sites (tertiary alicyclic amines) is 1. The second-order valence-corrected chi connectivity index (χ2v) is 9.96. The van der Waals surface area contributed by atoms with Gasteiger partial charge in [-0.15, -0.1) is 0 Å². The zero-order chi connectivity index (χ0) is 17.2. The van der Waals surface area contributed by atoms with Crippen molar-refractivity contribution in [1.29, 1.82) is 0 Å². The maximum atomic E-state index is 12.8. The number of carbonyl (C=O) groups excluding carboxylic acids is 2. The summed E-state index contributed by atoms with van der Waals surface area (Å²) in [5.41, 5.74) is -0.280. The molecule has 4 nitrogen and oxygen atoms in total. The van der Waals surface area contributed by atoms with E-state index in [2.05, 4.69) is 19.1 Å². The van der Waals surface area contributed by atoms with E-state index in [1.165, 1.54) is 11.6 Å². The number of carbonyl (C=O) groups is 2. The third-order valence-corrected chi connectivity index (χ3v) is 6.94. The molecular weight excluding hydrogens is 357 g/mol. The summed E-state index contributed by atoms with van der Waals surface area (Å²) in [6.45, 7) is 8.79. The van der Waals surface area contributed by atoms with Gasteiger partial charge in [0.05, 0.1) is 0 Å². The third-order valence-electron chi connectivity index (χ3n) is 4.29. The van der Waals surface area contributed by atoms with Gasteiger partial charge in [0.2, 0.25) is 0 Å². The topological polar surface area (TPSA) is 46.6 Å². The van der Waals surface area contributed by atoms with Crippen LogP contribution in [0.4, 0.5) is 0 Å². The van der Waals surface area contributed by atoms with Gasteiger partial charge in [0.1, 0.15) is 0 Å². The maximum absolute atomic E-state index is 12.8. The van der Waals surface area contributed by atoms with Crippen LogP contribution >= 0.6 is 0 Å². The summed E-state index contributed by atoms with van der Waals surface area (Å²) in [4.78, 5) is 27.1. The fraction of sp³-hybridized carbons (Fsp3) is 0.556. The van der Waals surface area contributed by atoms with Crippen molar-refractivity contribution in [2.45, 2.75) is 38.1 Å². The van der Waals surface area contributed by atoms with Gasteiger partial charge < -0.3 is 0 Å². The zero-order valence-corrected chi connectivity index (χ0v) is 16.1. The number of amides is 1. The number of ether oxygens (including phenoxy) is 1. The Bertz CT molecular complexity index is 567. The van der Waals surface area contributed by atoms with Gasteiger partial charge in [-0.3, -0.25) is 0 Å². The van der Waals surface area contributed by atoms with Gasteiger partial charge in [-0.1, -0.05) is 0 Å². The second-order valence-electron chi connectivity index (χ2n) is 6.92. The molecule has 1 heterocycles. The van der Waals surface area contributed by atoms with E-state index < -0.39 is 11.9 Å². The normalized spacial score (nSPS) is 23.0. The van der Waals surface area contributed by atoms with Crippen LogP contribution in [0.1, 0.15) is 27.7 Å². The van der Waals surface area contributed by atoms with E-state index in [1.807, 2.05) is 43.9 Å². The Kier molecular flexibility index (Phi) is 5.53. The number of rotatable bonds is 4. The minimum absolute atomic E-state index is 0.00869. The Morgan fingerprint density at radius 2 is 1.91 bits per heavy atom. The SMILES string of the molecule is COC(=O)[C@@H]1C(=O)N(C(C)(C)C)C[C@H]1C(C)[Se]c1ccccc1. The summed E-state index contributed by atoms with van der Waals surface area (Å²) in [5.74, 6) is -1.15. The van der Waals surface area contributed by atoms with Gasteiger partial charge in [0, 0.05) is 0 Å². The molecule has 2 rings (SSSR count). The van der Waals surface area contributed by atoms with E-state index in [0.717, 1.165) is 0 Å². The van der Waals surface area contributed by atoms with Gasteiger partial charge in [0.25, 0.3) is 0 Å². The van der Waals surface area contributed by atoms with Crippen LogP contribution < -0.4 is 4.46 Å². The minimum atomic E-state index is -0.667. The first-order valence-corrected chi connectivity index (χ1v) is 9.71. The predicted molar refractivity (Wildman–Crippen MR) is 91.7 cm³/mol. The first kappa shape index (κ1) is 18.0. The van der Waals surface area contributed by atoms with Crippen LogP contribution in [-0.2, 0) is 14.3 Å². The van der Waals surface area contributed by atoms with Gasteiger partial charge in [-0.2, -0.15) is 0 Å². The third kappa shape index (κ3) is 3.96. The number of esters is 1. The Morgan fingerprint density at radius 3 is 2.43 bits per heavy atom. The molecule has 0 spiro atoms. The van der Waals surface area contributed by atoms with Gasteiger partial charge in [-0.25, -0.2) is 0 Å². The van der Waals surface area contributed by atoms with E-state index in [1.54, 1.807) is 0 Å². The Balaban J connectivity index is 2.23. The molecule has 0 saturated carbocycles. The standard InChI is InChI=1S/C18H25NO3Se/c1-12(23-13-9-7-6-8-10-13)14-11-19(18(2,3)4)16(20)15(14)17(21)22-5/h6-10,12,14-15H,11H2,1-5H3/t12?,14-,15-/m0/s1. The Morgan fingerprint density at radius 1 is 1.30 bits per heavy atom. The summed E-state index contributed by atoms with van der Waals surface area (Å²) in [6, 6.07) is 10.3. The molecule has 1 aliphatic rings. The molecule has 1 aromatic rings. The average Bonchev–Trinajstić information content (AvgIpc) is 2.85. The number of hydrogen-bond donors (Lipinski definition) is 0. The van der Waals surface area contributed by atoms with Gasteiger partial charge in [0.15, 0.2) is 0 Å². The van der Waals surface area contributed by atoms with Crippen LogP contribution in [0.15, 0.2) is 30.3 Å². The summed E-state index contributed by atoms with van der Waals surface area (Å²) in [7, 11) is 1.36. The predicted octanol–water partition coefficient (Wildman–Crippen LogP) is 1.87.